The van der Waals surface area contributed by atoms with Gasteiger partial charge in [0.1, 0.15) is 6.54 Å². The molecule has 1 saturated heterocycles. The highest BCUT2D eigenvalue weighted by Gasteiger charge is 2.24. The molecule has 4 rings (SSSR count). The maximum absolute atomic E-state index is 11.8. The van der Waals surface area contributed by atoms with E-state index in [-0.39, 0.29) is 12.5 Å². The standard InChI is InChI=1S/C15H15ClN8O/c16-11-1-3-12(4-2-11)24-13(9-23-18-5-6-19-23)20-21-15(24)22-8-7-17-14(25)10-22/h1-6H,7-10H2,(H,17,25). The van der Waals surface area contributed by atoms with Crippen LogP contribution in [0.4, 0.5) is 5.95 Å². The number of carbonyl (C=O) groups is 1. The summed E-state index contributed by atoms with van der Waals surface area (Å²) in [5, 5.41) is 20.3. The van der Waals surface area contributed by atoms with Crippen LogP contribution in [-0.2, 0) is 11.3 Å². The zero-order valence-corrected chi connectivity index (χ0v) is 14.0. The highest BCUT2D eigenvalue weighted by Crippen LogP contribution is 2.22. The Labute approximate surface area is 148 Å². The van der Waals surface area contributed by atoms with Crippen molar-refractivity contribution < 1.29 is 4.79 Å². The van der Waals surface area contributed by atoms with Crippen LogP contribution < -0.4 is 10.2 Å². The molecule has 9 nitrogen and oxygen atoms in total. The number of nitrogens with zero attached hydrogens (tertiary/aromatic N) is 7. The summed E-state index contributed by atoms with van der Waals surface area (Å²) in [6.07, 6.45) is 3.22. The van der Waals surface area contributed by atoms with Crippen LogP contribution in [0.3, 0.4) is 0 Å². The Bertz CT molecular complexity index is 874. The lowest BCUT2D eigenvalue weighted by Crippen LogP contribution is -2.48. The third-order valence-corrected chi connectivity index (χ3v) is 4.12. The van der Waals surface area contributed by atoms with E-state index in [9.17, 15) is 4.79 Å². The van der Waals surface area contributed by atoms with Gasteiger partial charge in [0.25, 0.3) is 0 Å². The number of piperazine rings is 1. The zero-order valence-electron chi connectivity index (χ0n) is 13.2. The van der Waals surface area contributed by atoms with Crippen molar-refractivity contribution in [3.05, 3.63) is 47.5 Å². The van der Waals surface area contributed by atoms with Gasteiger partial charge in [-0.2, -0.15) is 15.0 Å². The van der Waals surface area contributed by atoms with Crippen molar-refractivity contribution >= 4 is 23.5 Å². The molecule has 2 aromatic heterocycles. The summed E-state index contributed by atoms with van der Waals surface area (Å²) < 4.78 is 1.90. The number of carbonyl (C=O) groups excluding carboxylic acids is 1. The third-order valence-electron chi connectivity index (χ3n) is 3.87. The van der Waals surface area contributed by atoms with Crippen LogP contribution in [0.5, 0.6) is 0 Å². The molecule has 0 radical (unpaired) electrons. The van der Waals surface area contributed by atoms with Gasteiger partial charge in [0.2, 0.25) is 11.9 Å². The van der Waals surface area contributed by atoms with Crippen molar-refractivity contribution in [3.8, 4) is 5.69 Å². The third kappa shape index (κ3) is 3.18. The number of anilines is 1. The van der Waals surface area contributed by atoms with Gasteiger partial charge in [0.15, 0.2) is 5.82 Å². The lowest BCUT2D eigenvalue weighted by atomic mass is 10.3. The van der Waals surface area contributed by atoms with Gasteiger partial charge < -0.3 is 10.2 Å². The Morgan fingerprint density at radius 3 is 2.60 bits per heavy atom. The van der Waals surface area contributed by atoms with E-state index in [4.69, 9.17) is 11.6 Å². The first-order valence-electron chi connectivity index (χ1n) is 7.77. The second-order valence-corrected chi connectivity index (χ2v) is 6.00. The second kappa shape index (κ2) is 6.52. The van der Waals surface area contributed by atoms with E-state index in [1.165, 1.54) is 4.80 Å². The molecule has 128 valence electrons. The van der Waals surface area contributed by atoms with Crippen LogP contribution in [-0.4, -0.2) is 55.3 Å². The number of rotatable bonds is 4. The molecule has 0 unspecified atom stereocenters. The SMILES string of the molecule is O=C1CN(c2nnc(Cn3nccn3)n2-c2ccc(Cl)cc2)CCN1. The van der Waals surface area contributed by atoms with Gasteiger partial charge in [-0.05, 0) is 24.3 Å². The molecule has 10 heteroatoms. The first-order valence-corrected chi connectivity index (χ1v) is 8.14. The lowest BCUT2D eigenvalue weighted by Gasteiger charge is -2.27. The van der Waals surface area contributed by atoms with Crippen LogP contribution >= 0.6 is 11.6 Å². The highest BCUT2D eigenvalue weighted by molar-refractivity contribution is 6.30. The Morgan fingerprint density at radius 1 is 1.12 bits per heavy atom. The summed E-state index contributed by atoms with van der Waals surface area (Å²) in [4.78, 5) is 15.2. The molecule has 0 spiro atoms. The first-order chi connectivity index (χ1) is 12.2. The van der Waals surface area contributed by atoms with E-state index < -0.39 is 0 Å². The van der Waals surface area contributed by atoms with Gasteiger partial charge in [0.05, 0.1) is 24.6 Å². The molecule has 1 fully saturated rings. The Hall–Kier alpha value is -2.94. The molecule has 1 amide bonds. The van der Waals surface area contributed by atoms with E-state index in [0.29, 0.717) is 36.4 Å². The second-order valence-electron chi connectivity index (χ2n) is 5.56. The van der Waals surface area contributed by atoms with Crippen molar-refractivity contribution in [2.75, 3.05) is 24.5 Å². The van der Waals surface area contributed by atoms with Gasteiger partial charge in [-0.3, -0.25) is 9.36 Å². The van der Waals surface area contributed by atoms with Crippen molar-refractivity contribution in [2.45, 2.75) is 6.54 Å². The molecule has 3 heterocycles. The van der Waals surface area contributed by atoms with Gasteiger partial charge in [-0.1, -0.05) is 11.6 Å². The van der Waals surface area contributed by atoms with E-state index in [1.807, 2.05) is 21.6 Å². The van der Waals surface area contributed by atoms with Crippen molar-refractivity contribution in [1.29, 1.82) is 0 Å². The summed E-state index contributed by atoms with van der Waals surface area (Å²) in [5.41, 5.74) is 0.859. The number of hydrogen-bond donors (Lipinski definition) is 1. The van der Waals surface area contributed by atoms with Crippen LogP contribution in [0.2, 0.25) is 5.02 Å². The normalized spacial score (nSPS) is 14.6. The fourth-order valence-electron chi connectivity index (χ4n) is 2.73. The molecular weight excluding hydrogens is 344 g/mol. The maximum atomic E-state index is 11.8. The minimum Gasteiger partial charge on any atom is -0.353 e. The molecule has 1 N–H and O–H groups in total. The zero-order chi connectivity index (χ0) is 17.2. The number of nitrogens with one attached hydrogen (secondary N) is 1. The van der Waals surface area contributed by atoms with Crippen LogP contribution in [0.1, 0.15) is 5.82 Å². The summed E-state index contributed by atoms with van der Waals surface area (Å²) >= 11 is 6.01. The maximum Gasteiger partial charge on any atom is 0.239 e. The number of amides is 1. The summed E-state index contributed by atoms with van der Waals surface area (Å²) in [5.74, 6) is 1.24. The molecule has 3 aromatic rings. The number of aromatic nitrogens is 6. The molecule has 1 aromatic carbocycles. The minimum absolute atomic E-state index is 0.0350. The topological polar surface area (TPSA) is 93.8 Å². The molecular formula is C15H15ClN8O. The monoisotopic (exact) mass is 358 g/mol. The van der Waals surface area contributed by atoms with Crippen LogP contribution in [0, 0.1) is 0 Å². The van der Waals surface area contributed by atoms with Gasteiger partial charge in [0, 0.05) is 18.1 Å². The van der Waals surface area contributed by atoms with Gasteiger partial charge in [-0.15, -0.1) is 10.2 Å². The quantitative estimate of drug-likeness (QED) is 0.729. The van der Waals surface area contributed by atoms with Crippen molar-refractivity contribution in [3.63, 3.8) is 0 Å². The number of hydrogen-bond acceptors (Lipinski definition) is 6. The Balaban J connectivity index is 1.76. The fourth-order valence-corrected chi connectivity index (χ4v) is 2.86. The minimum atomic E-state index is -0.0350. The molecule has 0 atom stereocenters. The Kier molecular flexibility index (Phi) is 4.06. The molecule has 0 bridgehead atoms. The average Bonchev–Trinajstić information content (AvgIpc) is 3.26. The summed E-state index contributed by atoms with van der Waals surface area (Å²) in [7, 11) is 0. The molecule has 1 aliphatic rings. The van der Waals surface area contributed by atoms with Crippen molar-refractivity contribution in [2.24, 2.45) is 0 Å². The number of halogens is 1. The smallest absolute Gasteiger partial charge is 0.239 e. The van der Waals surface area contributed by atoms with Gasteiger partial charge >= 0.3 is 0 Å². The summed E-state index contributed by atoms with van der Waals surface area (Å²) in [6, 6.07) is 7.39. The Morgan fingerprint density at radius 2 is 1.88 bits per heavy atom. The predicted octanol–water partition coefficient (Wildman–Crippen LogP) is 0.497. The van der Waals surface area contributed by atoms with Crippen molar-refractivity contribution in [1.82, 2.24) is 35.1 Å². The average molecular weight is 359 g/mol. The van der Waals surface area contributed by atoms with E-state index in [0.717, 1.165) is 5.69 Å². The van der Waals surface area contributed by atoms with Gasteiger partial charge in [-0.25, -0.2) is 0 Å². The van der Waals surface area contributed by atoms with Crippen LogP contribution in [0.25, 0.3) is 5.69 Å². The first kappa shape index (κ1) is 15.6. The van der Waals surface area contributed by atoms with E-state index in [2.05, 4.69) is 25.7 Å². The predicted molar refractivity (Wildman–Crippen MR) is 90.7 cm³/mol. The molecule has 25 heavy (non-hydrogen) atoms. The molecule has 1 aliphatic heterocycles. The van der Waals surface area contributed by atoms with E-state index in [1.54, 1.807) is 24.5 Å². The van der Waals surface area contributed by atoms with E-state index >= 15 is 0 Å². The number of benzene rings is 1. The summed E-state index contributed by atoms with van der Waals surface area (Å²) in [6.45, 7) is 1.84. The fraction of sp³-hybridized carbons (Fsp3) is 0.267. The molecule has 0 aliphatic carbocycles. The van der Waals surface area contributed by atoms with Crippen LogP contribution in [0.15, 0.2) is 36.7 Å². The highest BCUT2D eigenvalue weighted by atomic mass is 35.5. The molecule has 0 saturated carbocycles. The lowest BCUT2D eigenvalue weighted by molar-refractivity contribution is -0.120. The largest absolute Gasteiger partial charge is 0.353 e.